The first kappa shape index (κ1) is 20.2. The van der Waals surface area contributed by atoms with E-state index in [-0.39, 0.29) is 57.7 Å². The second-order valence-electron chi connectivity index (χ2n) is 6.37. The smallest absolute Gasteiger partial charge is 0.0508 e. The Labute approximate surface area is 149 Å². The molecule has 2 nitrogen and oxygen atoms in total. The molecule has 1 aliphatic heterocycles. The SMILES string of the molecule is CC(C)(C)N1CCC(CO)(c2[c-]cccc2)CC1.[CH3-].[Y]. The maximum atomic E-state index is 9.85. The van der Waals surface area contributed by atoms with Crippen LogP contribution in [0.3, 0.4) is 0 Å². The molecule has 2 rings (SSSR count). The number of nitrogens with zero attached hydrogens (tertiary/aromatic N) is 1. The van der Waals surface area contributed by atoms with E-state index in [0.29, 0.717) is 0 Å². The summed E-state index contributed by atoms with van der Waals surface area (Å²) in [7, 11) is 0. The maximum absolute atomic E-state index is 9.85. The molecule has 111 valence electrons. The van der Waals surface area contributed by atoms with Crippen LogP contribution in [-0.2, 0) is 38.1 Å². The minimum absolute atomic E-state index is 0. The zero-order valence-corrected chi connectivity index (χ0v) is 16.2. The Morgan fingerprint density at radius 3 is 2.25 bits per heavy atom. The van der Waals surface area contributed by atoms with Gasteiger partial charge < -0.3 is 12.5 Å². The Morgan fingerprint density at radius 2 is 1.85 bits per heavy atom. The van der Waals surface area contributed by atoms with Gasteiger partial charge in [-0.3, -0.25) is 4.90 Å². The summed E-state index contributed by atoms with van der Waals surface area (Å²) < 4.78 is 0. The molecule has 0 atom stereocenters. The van der Waals surface area contributed by atoms with Crippen molar-refractivity contribution in [2.45, 2.75) is 44.6 Å². The van der Waals surface area contributed by atoms with Crippen molar-refractivity contribution in [3.63, 3.8) is 0 Å². The Bertz CT molecular complexity index is 378. The summed E-state index contributed by atoms with van der Waals surface area (Å²) in [5.41, 5.74) is 1.31. The second kappa shape index (κ2) is 8.03. The molecule has 1 N–H and O–H groups in total. The number of aliphatic hydroxyl groups excluding tert-OH is 1. The van der Waals surface area contributed by atoms with E-state index in [2.05, 4.69) is 37.8 Å². The molecule has 1 aromatic rings. The summed E-state index contributed by atoms with van der Waals surface area (Å²) in [6.45, 7) is 9.10. The van der Waals surface area contributed by atoms with Crippen molar-refractivity contribution in [3.8, 4) is 0 Å². The fourth-order valence-electron chi connectivity index (χ4n) is 2.84. The van der Waals surface area contributed by atoms with Gasteiger partial charge in [-0.25, -0.2) is 0 Å². The zero-order chi connectivity index (χ0) is 13.2. The quantitative estimate of drug-likeness (QED) is 0.829. The number of rotatable bonds is 2. The number of benzene rings is 1. The molecule has 1 fully saturated rings. The number of hydrogen-bond acceptors (Lipinski definition) is 2. The third kappa shape index (κ3) is 4.37. The first-order valence-electron chi connectivity index (χ1n) is 6.81. The molecule has 0 unspecified atom stereocenters. The Balaban J connectivity index is 0.00000180. The molecule has 0 aromatic heterocycles. The van der Waals surface area contributed by atoms with E-state index in [1.807, 2.05) is 18.2 Å². The molecule has 20 heavy (non-hydrogen) atoms. The molecule has 0 saturated carbocycles. The minimum atomic E-state index is -0.0803. The predicted octanol–water partition coefficient (Wildman–Crippen LogP) is 3.06. The number of hydrogen-bond donors (Lipinski definition) is 1. The van der Waals surface area contributed by atoms with Gasteiger partial charge in [-0.1, -0.05) is 0 Å². The van der Waals surface area contributed by atoms with E-state index in [4.69, 9.17) is 0 Å². The van der Waals surface area contributed by atoms with Gasteiger partial charge in [-0.05, 0) is 52.1 Å². The largest absolute Gasteiger partial charge is 0.396 e. The van der Waals surface area contributed by atoms with Crippen LogP contribution in [0.2, 0.25) is 0 Å². The fourth-order valence-corrected chi connectivity index (χ4v) is 2.84. The Hall–Kier alpha value is 0.244. The molecular formula is C17H27NOY-2. The predicted molar refractivity (Wildman–Crippen MR) is 81.0 cm³/mol. The van der Waals surface area contributed by atoms with Crippen LogP contribution in [0.15, 0.2) is 24.3 Å². The van der Waals surface area contributed by atoms with Crippen molar-refractivity contribution < 1.29 is 37.8 Å². The van der Waals surface area contributed by atoms with Gasteiger partial charge in [0.15, 0.2) is 0 Å². The maximum Gasteiger partial charge on any atom is 0.0508 e. The Kier molecular flexibility index (Phi) is 8.13. The van der Waals surface area contributed by atoms with Gasteiger partial charge in [0.2, 0.25) is 0 Å². The van der Waals surface area contributed by atoms with Crippen molar-refractivity contribution >= 4 is 0 Å². The molecule has 0 spiro atoms. The van der Waals surface area contributed by atoms with Gasteiger partial charge in [0.25, 0.3) is 0 Å². The molecule has 1 radical (unpaired) electrons. The topological polar surface area (TPSA) is 23.5 Å². The first-order chi connectivity index (χ1) is 8.48. The van der Waals surface area contributed by atoms with Crippen LogP contribution in [0.25, 0.3) is 0 Å². The van der Waals surface area contributed by atoms with E-state index in [1.165, 1.54) is 5.56 Å². The zero-order valence-electron chi connectivity index (χ0n) is 13.3. The van der Waals surface area contributed by atoms with Crippen LogP contribution >= 0.6 is 0 Å². The van der Waals surface area contributed by atoms with Crippen LogP contribution in [-0.4, -0.2) is 35.2 Å². The van der Waals surface area contributed by atoms with Gasteiger partial charge in [0.1, 0.15) is 0 Å². The van der Waals surface area contributed by atoms with Gasteiger partial charge in [0, 0.05) is 38.2 Å². The average Bonchev–Trinajstić information content (AvgIpc) is 2.39. The van der Waals surface area contributed by atoms with Crippen LogP contribution in [0, 0.1) is 13.5 Å². The third-order valence-electron chi connectivity index (χ3n) is 4.25. The number of piperidine rings is 1. The molecule has 0 bridgehead atoms. The van der Waals surface area contributed by atoms with Gasteiger partial charge in [0.05, 0.1) is 6.61 Å². The number of aliphatic hydroxyl groups is 1. The molecule has 1 heterocycles. The third-order valence-corrected chi connectivity index (χ3v) is 4.25. The van der Waals surface area contributed by atoms with Crippen LogP contribution < -0.4 is 0 Å². The van der Waals surface area contributed by atoms with Crippen LogP contribution in [0.5, 0.6) is 0 Å². The monoisotopic (exact) mass is 350 g/mol. The minimum Gasteiger partial charge on any atom is -0.396 e. The average molecular weight is 350 g/mol. The molecule has 1 saturated heterocycles. The van der Waals surface area contributed by atoms with Crippen molar-refractivity contribution in [2.75, 3.05) is 19.7 Å². The van der Waals surface area contributed by atoms with Gasteiger partial charge >= 0.3 is 0 Å². The summed E-state index contributed by atoms with van der Waals surface area (Å²) in [4.78, 5) is 2.50. The standard InChI is InChI=1S/C16H24NO.CH3.Y/c1-15(2,3)17-11-9-16(13-18,10-12-17)14-7-5-4-6-8-14;;/h4-7,18H,9-13H2,1-3H3;1H3;/q2*-1;. The fraction of sp³-hybridized carbons (Fsp3) is 0.588. The first-order valence-corrected chi connectivity index (χ1v) is 6.81. The molecule has 0 amide bonds. The normalized spacial score (nSPS) is 18.8. The summed E-state index contributed by atoms with van der Waals surface area (Å²) >= 11 is 0. The van der Waals surface area contributed by atoms with Gasteiger partial charge in [-0.2, -0.15) is 35.9 Å². The van der Waals surface area contributed by atoms with Gasteiger partial charge in [-0.15, -0.1) is 0 Å². The van der Waals surface area contributed by atoms with E-state index in [9.17, 15) is 5.11 Å². The van der Waals surface area contributed by atoms with E-state index >= 15 is 0 Å². The van der Waals surface area contributed by atoms with E-state index in [1.54, 1.807) is 0 Å². The summed E-state index contributed by atoms with van der Waals surface area (Å²) in [6, 6.07) is 11.4. The second-order valence-corrected chi connectivity index (χ2v) is 6.37. The molecular weight excluding hydrogens is 323 g/mol. The summed E-state index contributed by atoms with van der Waals surface area (Å²) in [5, 5.41) is 9.85. The molecule has 0 aliphatic carbocycles. The van der Waals surface area contributed by atoms with E-state index in [0.717, 1.165) is 25.9 Å². The van der Waals surface area contributed by atoms with Crippen molar-refractivity contribution in [1.82, 2.24) is 4.90 Å². The molecule has 1 aliphatic rings. The Morgan fingerprint density at radius 1 is 1.25 bits per heavy atom. The van der Waals surface area contributed by atoms with E-state index < -0.39 is 0 Å². The molecule has 3 heteroatoms. The van der Waals surface area contributed by atoms with Crippen LogP contribution in [0.1, 0.15) is 39.2 Å². The van der Waals surface area contributed by atoms with Crippen molar-refractivity contribution in [2.24, 2.45) is 0 Å². The number of likely N-dealkylation sites (tertiary alicyclic amines) is 1. The summed E-state index contributed by atoms with van der Waals surface area (Å²) in [5.74, 6) is 0. The van der Waals surface area contributed by atoms with Crippen LogP contribution in [0.4, 0.5) is 0 Å². The van der Waals surface area contributed by atoms with Crippen molar-refractivity contribution in [1.29, 1.82) is 0 Å². The van der Waals surface area contributed by atoms with Crippen molar-refractivity contribution in [3.05, 3.63) is 43.3 Å². The molecule has 1 aromatic carbocycles. The summed E-state index contributed by atoms with van der Waals surface area (Å²) in [6.07, 6.45) is 2.03.